The van der Waals surface area contributed by atoms with Gasteiger partial charge in [0.05, 0.1) is 12.3 Å². The van der Waals surface area contributed by atoms with Gasteiger partial charge in [0.15, 0.2) is 5.82 Å². The molecular weight excluding hydrogens is 322 g/mol. The first kappa shape index (κ1) is 19.6. The maximum absolute atomic E-state index is 10.1. The summed E-state index contributed by atoms with van der Waals surface area (Å²) in [6.07, 6.45) is 1.95. The molecule has 1 heterocycles. The van der Waals surface area contributed by atoms with Crippen molar-refractivity contribution in [2.24, 2.45) is 5.73 Å². The first-order chi connectivity index (χ1) is 12.1. The van der Waals surface area contributed by atoms with Crippen molar-refractivity contribution >= 4 is 0 Å². The maximum Gasteiger partial charge on any atom is 0.214 e. The third-order valence-corrected chi connectivity index (χ3v) is 3.94. The molecule has 0 saturated carbocycles. The second-order valence-corrected chi connectivity index (χ2v) is 5.88. The van der Waals surface area contributed by atoms with Crippen LogP contribution in [-0.2, 0) is 17.7 Å². The van der Waals surface area contributed by atoms with Crippen molar-refractivity contribution in [2.75, 3.05) is 19.8 Å². The van der Waals surface area contributed by atoms with Crippen LogP contribution in [0.3, 0.4) is 0 Å². The molecule has 0 aliphatic carbocycles. The number of imidazole rings is 1. The summed E-state index contributed by atoms with van der Waals surface area (Å²) in [7, 11) is 0. The number of nitrogens with zero attached hydrogens (tertiary/aromatic N) is 2. The van der Waals surface area contributed by atoms with E-state index >= 15 is 0 Å². The van der Waals surface area contributed by atoms with Gasteiger partial charge < -0.3 is 30.4 Å². The summed E-state index contributed by atoms with van der Waals surface area (Å²) in [5, 5.41) is 28.2. The lowest BCUT2D eigenvalue weighted by molar-refractivity contribution is -0.106. The lowest BCUT2D eigenvalue weighted by Crippen LogP contribution is -2.23. The van der Waals surface area contributed by atoms with Crippen LogP contribution in [0.15, 0.2) is 30.5 Å². The fourth-order valence-corrected chi connectivity index (χ4v) is 2.67. The minimum absolute atomic E-state index is 0.0523. The molecule has 2 aromatic rings. The predicted molar refractivity (Wildman–Crippen MR) is 94.7 cm³/mol. The monoisotopic (exact) mass is 349 g/mol. The first-order valence-electron chi connectivity index (χ1n) is 8.52. The highest BCUT2D eigenvalue weighted by molar-refractivity contribution is 5.59. The maximum atomic E-state index is 10.1. The van der Waals surface area contributed by atoms with E-state index in [1.54, 1.807) is 17.7 Å². The molecule has 2 atom stereocenters. The van der Waals surface area contributed by atoms with Crippen molar-refractivity contribution < 1.29 is 20.1 Å². The number of aliphatic hydroxyl groups excluding tert-OH is 3. The Balaban J connectivity index is 2.18. The van der Waals surface area contributed by atoms with E-state index in [-0.39, 0.29) is 19.3 Å². The molecule has 0 spiro atoms. The van der Waals surface area contributed by atoms with Gasteiger partial charge in [-0.15, -0.1) is 0 Å². The number of hydrogen-bond donors (Lipinski definition) is 4. The molecule has 0 saturated heterocycles. The van der Waals surface area contributed by atoms with Crippen LogP contribution >= 0.6 is 0 Å². The Bertz CT molecular complexity index is 642. The van der Waals surface area contributed by atoms with Crippen LogP contribution in [0.25, 0.3) is 11.3 Å². The highest BCUT2D eigenvalue weighted by Crippen LogP contribution is 2.23. The highest BCUT2D eigenvalue weighted by atomic mass is 16.6. The molecule has 2 rings (SSSR count). The van der Waals surface area contributed by atoms with Gasteiger partial charge in [-0.3, -0.25) is 0 Å². The van der Waals surface area contributed by atoms with E-state index in [9.17, 15) is 10.2 Å². The number of rotatable bonds is 10. The molecule has 5 N–H and O–H groups in total. The van der Waals surface area contributed by atoms with Crippen LogP contribution in [0.2, 0.25) is 0 Å². The standard InChI is InChI=1S/C18H27N3O4/c1-2-25-18(24)17-20-16(12-21(17)8-10-23)14-5-3-13(4-6-14)11-15(19)7-9-22/h3-6,12,15,18,22-24H,2,7-11,19H2,1H3. The molecular formula is C18H27N3O4. The van der Waals surface area contributed by atoms with E-state index in [0.29, 0.717) is 37.5 Å². The highest BCUT2D eigenvalue weighted by Gasteiger charge is 2.17. The Morgan fingerprint density at radius 3 is 2.52 bits per heavy atom. The first-order valence-corrected chi connectivity index (χ1v) is 8.52. The summed E-state index contributed by atoms with van der Waals surface area (Å²) in [5.74, 6) is 0.375. The van der Waals surface area contributed by atoms with E-state index in [1.807, 2.05) is 24.3 Å². The number of benzene rings is 1. The minimum Gasteiger partial charge on any atom is -0.396 e. The fraction of sp³-hybridized carbons (Fsp3) is 0.500. The zero-order valence-electron chi connectivity index (χ0n) is 14.5. The Morgan fingerprint density at radius 2 is 1.92 bits per heavy atom. The topological polar surface area (TPSA) is 114 Å². The summed E-state index contributed by atoms with van der Waals surface area (Å²) < 4.78 is 6.90. The van der Waals surface area contributed by atoms with Gasteiger partial charge in [-0.25, -0.2) is 4.98 Å². The molecule has 0 aliphatic heterocycles. The quantitative estimate of drug-likeness (QED) is 0.472. The normalized spacial score (nSPS) is 13.8. The number of ether oxygens (including phenoxy) is 1. The van der Waals surface area contributed by atoms with Crippen LogP contribution in [0.1, 0.15) is 31.0 Å². The zero-order chi connectivity index (χ0) is 18.2. The van der Waals surface area contributed by atoms with Crippen molar-refractivity contribution in [3.05, 3.63) is 41.9 Å². The van der Waals surface area contributed by atoms with Crippen LogP contribution in [0, 0.1) is 0 Å². The molecule has 1 aromatic carbocycles. The summed E-state index contributed by atoms with van der Waals surface area (Å²) in [5.41, 5.74) is 8.64. The molecule has 7 nitrogen and oxygen atoms in total. The van der Waals surface area contributed by atoms with Crippen molar-refractivity contribution in [2.45, 2.75) is 38.6 Å². The van der Waals surface area contributed by atoms with Gasteiger partial charge in [0.1, 0.15) is 0 Å². The Kier molecular flexibility index (Phi) is 7.54. The lowest BCUT2D eigenvalue weighted by atomic mass is 10.0. The summed E-state index contributed by atoms with van der Waals surface area (Å²) in [6.45, 7) is 2.53. The largest absolute Gasteiger partial charge is 0.396 e. The summed E-state index contributed by atoms with van der Waals surface area (Å²) in [6, 6.07) is 7.80. The van der Waals surface area contributed by atoms with Crippen molar-refractivity contribution in [1.82, 2.24) is 9.55 Å². The Morgan fingerprint density at radius 1 is 1.20 bits per heavy atom. The van der Waals surface area contributed by atoms with E-state index in [0.717, 1.165) is 11.1 Å². The van der Waals surface area contributed by atoms with E-state index in [2.05, 4.69) is 4.98 Å². The van der Waals surface area contributed by atoms with Crippen LogP contribution in [0.4, 0.5) is 0 Å². The molecule has 0 aliphatic rings. The molecule has 2 unspecified atom stereocenters. The number of aromatic nitrogens is 2. The van der Waals surface area contributed by atoms with Gasteiger partial charge in [-0.1, -0.05) is 24.3 Å². The van der Waals surface area contributed by atoms with Crippen molar-refractivity contribution in [3.8, 4) is 11.3 Å². The fourth-order valence-electron chi connectivity index (χ4n) is 2.67. The van der Waals surface area contributed by atoms with Crippen LogP contribution in [-0.4, -0.2) is 50.7 Å². The van der Waals surface area contributed by atoms with E-state index in [4.69, 9.17) is 15.6 Å². The predicted octanol–water partition coefficient (Wildman–Crippen LogP) is 0.822. The van der Waals surface area contributed by atoms with Crippen molar-refractivity contribution in [3.63, 3.8) is 0 Å². The molecule has 0 bridgehead atoms. The second-order valence-electron chi connectivity index (χ2n) is 5.88. The summed E-state index contributed by atoms with van der Waals surface area (Å²) >= 11 is 0. The number of hydrogen-bond acceptors (Lipinski definition) is 6. The minimum atomic E-state index is -1.12. The third kappa shape index (κ3) is 5.35. The average Bonchev–Trinajstić information content (AvgIpc) is 3.00. The molecule has 0 amide bonds. The summed E-state index contributed by atoms with van der Waals surface area (Å²) in [4.78, 5) is 4.46. The number of aliphatic hydroxyl groups is 3. The molecule has 0 fully saturated rings. The second kappa shape index (κ2) is 9.65. The average molecular weight is 349 g/mol. The smallest absolute Gasteiger partial charge is 0.214 e. The van der Waals surface area contributed by atoms with E-state index in [1.165, 1.54) is 0 Å². The van der Waals surface area contributed by atoms with Gasteiger partial charge in [0.25, 0.3) is 0 Å². The van der Waals surface area contributed by atoms with Crippen LogP contribution < -0.4 is 5.73 Å². The van der Waals surface area contributed by atoms with Gasteiger partial charge >= 0.3 is 0 Å². The molecule has 25 heavy (non-hydrogen) atoms. The SMILES string of the molecule is CCOC(O)c1nc(-c2ccc(CC(N)CCO)cc2)cn1CCO. The molecule has 138 valence electrons. The van der Waals surface area contributed by atoms with Gasteiger partial charge in [0.2, 0.25) is 6.29 Å². The van der Waals surface area contributed by atoms with Gasteiger partial charge in [-0.05, 0) is 25.3 Å². The van der Waals surface area contributed by atoms with Crippen LogP contribution in [0.5, 0.6) is 0 Å². The third-order valence-electron chi connectivity index (χ3n) is 3.94. The Hall–Kier alpha value is -1.77. The molecule has 0 radical (unpaired) electrons. The Labute approximate surface area is 147 Å². The van der Waals surface area contributed by atoms with Gasteiger partial charge in [0, 0.05) is 37.6 Å². The van der Waals surface area contributed by atoms with E-state index < -0.39 is 6.29 Å². The van der Waals surface area contributed by atoms with Crippen molar-refractivity contribution in [1.29, 1.82) is 0 Å². The zero-order valence-corrected chi connectivity index (χ0v) is 14.5. The number of nitrogens with two attached hydrogens (primary N) is 1. The molecule has 1 aromatic heterocycles. The molecule has 7 heteroatoms. The lowest BCUT2D eigenvalue weighted by Gasteiger charge is -2.11. The van der Waals surface area contributed by atoms with Gasteiger partial charge in [-0.2, -0.15) is 0 Å².